The van der Waals surface area contributed by atoms with E-state index in [4.69, 9.17) is 4.74 Å². The highest BCUT2D eigenvalue weighted by atomic mass is 32.2. The zero-order chi connectivity index (χ0) is 15.6. The van der Waals surface area contributed by atoms with E-state index in [1.54, 1.807) is 13.8 Å². The van der Waals surface area contributed by atoms with Crippen molar-refractivity contribution >= 4 is 15.9 Å². The van der Waals surface area contributed by atoms with Gasteiger partial charge in [-0.2, -0.15) is 0 Å². The van der Waals surface area contributed by atoms with Crippen molar-refractivity contribution in [2.75, 3.05) is 19.0 Å². The summed E-state index contributed by atoms with van der Waals surface area (Å²) in [6, 6.07) is 3.73. The molecular weight excluding hydrogens is 292 g/mol. The minimum Gasteiger partial charge on any atom is -0.443 e. The van der Waals surface area contributed by atoms with Gasteiger partial charge in [-0.25, -0.2) is 13.2 Å². The van der Waals surface area contributed by atoms with Crippen LogP contribution in [0.5, 0.6) is 0 Å². The number of hydrogen-bond acceptors (Lipinski definition) is 5. The number of sulfone groups is 1. The molecule has 2 N–H and O–H groups in total. The smallest absolute Gasteiger partial charge is 0.407 e. The molecule has 21 heavy (non-hydrogen) atoms. The maximum Gasteiger partial charge on any atom is 0.407 e. The van der Waals surface area contributed by atoms with Crippen LogP contribution in [0.3, 0.4) is 0 Å². The van der Waals surface area contributed by atoms with Crippen molar-refractivity contribution in [3.8, 4) is 0 Å². The van der Waals surface area contributed by atoms with E-state index in [2.05, 4.69) is 10.6 Å². The summed E-state index contributed by atoms with van der Waals surface area (Å²) in [6.45, 7) is 6.25. The lowest BCUT2D eigenvalue weighted by Crippen LogP contribution is -2.33. The number of rotatable bonds is 5. The molecule has 1 fully saturated rings. The molecule has 0 spiro atoms. The largest absolute Gasteiger partial charge is 0.443 e. The predicted molar refractivity (Wildman–Crippen MR) is 79.0 cm³/mol. The standard InChI is InChI=1S/C14H20N2O4S/c1-9-4-10(2)13(11(3)5-9)21(18,19)8-15-6-12-7-16-14(17)20-12/h4-5,12,15H,6-8H2,1-3H3,(H,16,17). The lowest BCUT2D eigenvalue weighted by Gasteiger charge is -2.14. The summed E-state index contributed by atoms with van der Waals surface area (Å²) in [4.78, 5) is 11.3. The van der Waals surface area contributed by atoms with Crippen LogP contribution in [0.2, 0.25) is 0 Å². The van der Waals surface area contributed by atoms with E-state index in [0.29, 0.717) is 18.0 Å². The Labute approximate surface area is 124 Å². The maximum absolute atomic E-state index is 12.4. The van der Waals surface area contributed by atoms with E-state index in [-0.39, 0.29) is 12.0 Å². The number of amides is 1. The van der Waals surface area contributed by atoms with E-state index in [1.165, 1.54) is 0 Å². The first kappa shape index (κ1) is 15.8. The highest BCUT2D eigenvalue weighted by Crippen LogP contribution is 2.22. The van der Waals surface area contributed by atoms with Crippen molar-refractivity contribution in [2.24, 2.45) is 0 Å². The van der Waals surface area contributed by atoms with Gasteiger partial charge in [0.25, 0.3) is 0 Å². The zero-order valence-electron chi connectivity index (χ0n) is 12.4. The molecule has 1 aliphatic heterocycles. The van der Waals surface area contributed by atoms with Crippen LogP contribution in [0.15, 0.2) is 17.0 Å². The highest BCUT2D eigenvalue weighted by molar-refractivity contribution is 7.91. The number of benzene rings is 1. The van der Waals surface area contributed by atoms with Crippen LogP contribution in [0, 0.1) is 20.8 Å². The molecule has 6 nitrogen and oxygen atoms in total. The van der Waals surface area contributed by atoms with E-state index in [0.717, 1.165) is 16.7 Å². The molecule has 1 saturated heterocycles. The van der Waals surface area contributed by atoms with E-state index < -0.39 is 15.9 Å². The van der Waals surface area contributed by atoms with Crippen LogP contribution in [-0.4, -0.2) is 39.6 Å². The SMILES string of the molecule is Cc1cc(C)c(S(=O)(=O)CNCC2CNC(=O)O2)c(C)c1. The molecule has 7 heteroatoms. The van der Waals surface area contributed by atoms with Crippen LogP contribution in [0.1, 0.15) is 16.7 Å². The molecule has 0 aromatic heterocycles. The molecule has 1 amide bonds. The highest BCUT2D eigenvalue weighted by Gasteiger charge is 2.24. The second kappa shape index (κ2) is 6.03. The van der Waals surface area contributed by atoms with Crippen LogP contribution >= 0.6 is 0 Å². The molecule has 0 saturated carbocycles. The van der Waals surface area contributed by atoms with Crippen molar-refractivity contribution in [3.63, 3.8) is 0 Å². The first-order chi connectivity index (χ1) is 9.79. The van der Waals surface area contributed by atoms with Gasteiger partial charge < -0.3 is 10.1 Å². The van der Waals surface area contributed by atoms with Crippen LogP contribution < -0.4 is 10.6 Å². The predicted octanol–water partition coefficient (Wildman–Crippen LogP) is 1.04. The Morgan fingerprint density at radius 2 is 1.90 bits per heavy atom. The third-order valence-electron chi connectivity index (χ3n) is 3.33. The molecule has 2 rings (SSSR count). The maximum atomic E-state index is 12.4. The lowest BCUT2D eigenvalue weighted by atomic mass is 10.1. The van der Waals surface area contributed by atoms with Crippen LogP contribution in [0.25, 0.3) is 0 Å². The van der Waals surface area contributed by atoms with Gasteiger partial charge in [-0.05, 0) is 31.9 Å². The molecule has 1 aromatic rings. The third-order valence-corrected chi connectivity index (χ3v) is 5.18. The first-order valence-corrected chi connectivity index (χ1v) is 8.40. The van der Waals surface area contributed by atoms with Crippen molar-refractivity contribution in [1.82, 2.24) is 10.6 Å². The zero-order valence-corrected chi connectivity index (χ0v) is 13.2. The summed E-state index contributed by atoms with van der Waals surface area (Å²) in [6.07, 6.45) is -0.789. The monoisotopic (exact) mass is 312 g/mol. The average molecular weight is 312 g/mol. The van der Waals surface area contributed by atoms with Crippen molar-refractivity contribution in [1.29, 1.82) is 0 Å². The van der Waals surface area contributed by atoms with Crippen molar-refractivity contribution in [3.05, 3.63) is 28.8 Å². The second-order valence-corrected chi connectivity index (χ2v) is 7.28. The van der Waals surface area contributed by atoms with Crippen molar-refractivity contribution < 1.29 is 17.9 Å². The molecule has 0 radical (unpaired) electrons. The van der Waals surface area contributed by atoms with Gasteiger partial charge >= 0.3 is 6.09 Å². The summed E-state index contributed by atoms with van der Waals surface area (Å²) < 4.78 is 29.8. The Morgan fingerprint density at radius 1 is 1.29 bits per heavy atom. The van der Waals surface area contributed by atoms with Gasteiger partial charge in [0.2, 0.25) is 0 Å². The Balaban J connectivity index is 2.04. The van der Waals surface area contributed by atoms with Gasteiger partial charge in [0.05, 0.1) is 11.4 Å². The molecule has 1 heterocycles. The van der Waals surface area contributed by atoms with Gasteiger partial charge in [0.15, 0.2) is 9.84 Å². The lowest BCUT2D eigenvalue weighted by molar-refractivity contribution is 0.140. The van der Waals surface area contributed by atoms with Gasteiger partial charge in [-0.3, -0.25) is 5.32 Å². The summed E-state index contributed by atoms with van der Waals surface area (Å²) >= 11 is 0. The topological polar surface area (TPSA) is 84.5 Å². The molecule has 1 atom stereocenters. The minimum absolute atomic E-state index is 0.175. The Bertz CT molecular complexity index is 632. The summed E-state index contributed by atoms with van der Waals surface area (Å²) in [7, 11) is -3.42. The minimum atomic E-state index is -3.42. The number of aryl methyl sites for hydroxylation is 3. The Morgan fingerprint density at radius 3 is 2.43 bits per heavy atom. The van der Waals surface area contributed by atoms with Gasteiger partial charge in [-0.1, -0.05) is 17.7 Å². The number of hydrogen-bond donors (Lipinski definition) is 2. The normalized spacial score (nSPS) is 18.4. The fourth-order valence-electron chi connectivity index (χ4n) is 2.63. The number of carbonyl (C=O) groups excluding carboxylic acids is 1. The number of cyclic esters (lactones) is 1. The first-order valence-electron chi connectivity index (χ1n) is 6.75. The number of alkyl carbamates (subject to hydrolysis) is 1. The van der Waals surface area contributed by atoms with E-state index >= 15 is 0 Å². The second-order valence-electron chi connectivity index (χ2n) is 5.35. The molecule has 0 aliphatic carbocycles. The summed E-state index contributed by atoms with van der Waals surface area (Å²) in [5.74, 6) is -0.175. The van der Waals surface area contributed by atoms with Gasteiger partial charge in [0, 0.05) is 6.54 Å². The fraction of sp³-hybridized carbons (Fsp3) is 0.500. The number of ether oxygens (including phenoxy) is 1. The number of carbonyl (C=O) groups is 1. The quantitative estimate of drug-likeness (QED) is 0.848. The van der Waals surface area contributed by atoms with Crippen LogP contribution in [0.4, 0.5) is 4.79 Å². The molecule has 116 valence electrons. The van der Waals surface area contributed by atoms with E-state index in [1.807, 2.05) is 19.1 Å². The van der Waals surface area contributed by atoms with Gasteiger partial charge in [0.1, 0.15) is 12.0 Å². The van der Waals surface area contributed by atoms with Crippen molar-refractivity contribution in [2.45, 2.75) is 31.8 Å². The number of nitrogens with one attached hydrogen (secondary N) is 2. The Kier molecular flexibility index (Phi) is 4.53. The fourth-order valence-corrected chi connectivity index (χ4v) is 4.26. The molecular formula is C14H20N2O4S. The van der Waals surface area contributed by atoms with E-state index in [9.17, 15) is 13.2 Å². The molecule has 1 aliphatic rings. The Hall–Kier alpha value is -1.60. The summed E-state index contributed by atoms with van der Waals surface area (Å²) in [5, 5.41) is 5.37. The average Bonchev–Trinajstić information content (AvgIpc) is 2.72. The molecule has 1 aromatic carbocycles. The van der Waals surface area contributed by atoms with Crippen LogP contribution in [-0.2, 0) is 14.6 Å². The molecule has 0 bridgehead atoms. The molecule has 1 unspecified atom stereocenters. The van der Waals surface area contributed by atoms with Gasteiger partial charge in [-0.15, -0.1) is 0 Å². The summed E-state index contributed by atoms with van der Waals surface area (Å²) in [5.41, 5.74) is 2.55. The third kappa shape index (κ3) is 3.74.